The third-order valence-electron chi connectivity index (χ3n) is 3.84. The summed E-state index contributed by atoms with van der Waals surface area (Å²) in [7, 11) is 0. The monoisotopic (exact) mass is 471 g/mol. The van der Waals surface area contributed by atoms with Gasteiger partial charge in [-0.3, -0.25) is 10.1 Å². The van der Waals surface area contributed by atoms with E-state index in [1.807, 2.05) is 0 Å². The first kappa shape index (κ1) is 28.5. The van der Waals surface area contributed by atoms with E-state index in [9.17, 15) is 14.9 Å². The maximum absolute atomic E-state index is 11.1. The van der Waals surface area contributed by atoms with Crippen molar-refractivity contribution in [1.82, 2.24) is 0 Å². The molecule has 0 radical (unpaired) electrons. The average molecular weight is 472 g/mol. The fourth-order valence-electron chi connectivity index (χ4n) is 2.18. The Labute approximate surface area is 193 Å². The van der Waals surface area contributed by atoms with Gasteiger partial charge in [0, 0.05) is 17.7 Å². The van der Waals surface area contributed by atoms with E-state index >= 15 is 0 Å². The predicted octanol–water partition coefficient (Wildman–Crippen LogP) is 2.18. The van der Waals surface area contributed by atoms with Crippen molar-refractivity contribution in [3.8, 4) is 5.75 Å². The molecule has 0 spiro atoms. The fourth-order valence-corrected chi connectivity index (χ4v) is 2.18. The zero-order valence-corrected chi connectivity index (χ0v) is 19.0. The molecule has 1 aromatic carbocycles. The van der Waals surface area contributed by atoms with Crippen LogP contribution < -0.4 is 4.74 Å². The summed E-state index contributed by atoms with van der Waals surface area (Å²) in [5.74, 6) is 0.130. The van der Waals surface area contributed by atoms with Crippen LogP contribution in [0.3, 0.4) is 0 Å². The van der Waals surface area contributed by atoms with Crippen LogP contribution in [0.5, 0.6) is 5.75 Å². The Bertz CT molecular complexity index is 680. The number of carbonyl (C=O) groups is 1. The molecule has 33 heavy (non-hydrogen) atoms. The maximum Gasteiger partial charge on any atom is 0.333 e. The number of nitro benzene ring substituents is 1. The molecular weight excluding hydrogens is 438 g/mol. The number of rotatable bonds is 21. The second-order valence-corrected chi connectivity index (χ2v) is 6.58. The van der Waals surface area contributed by atoms with Crippen LogP contribution in [0.4, 0.5) is 5.69 Å². The number of esters is 1. The van der Waals surface area contributed by atoms with E-state index in [0.29, 0.717) is 84.0 Å². The van der Waals surface area contributed by atoms with E-state index < -0.39 is 10.9 Å². The lowest BCUT2D eigenvalue weighted by Crippen LogP contribution is -2.15. The molecule has 186 valence electrons. The molecular formula is C22H33NO10. The van der Waals surface area contributed by atoms with Crippen molar-refractivity contribution < 1.29 is 42.9 Å². The van der Waals surface area contributed by atoms with Crippen LogP contribution in [-0.2, 0) is 33.2 Å². The summed E-state index contributed by atoms with van der Waals surface area (Å²) < 4.78 is 37.1. The van der Waals surface area contributed by atoms with Gasteiger partial charge >= 0.3 is 5.97 Å². The Morgan fingerprint density at radius 3 is 1.55 bits per heavy atom. The average Bonchev–Trinajstić information content (AvgIpc) is 2.80. The highest BCUT2D eigenvalue weighted by Gasteiger charge is 2.04. The number of benzene rings is 1. The summed E-state index contributed by atoms with van der Waals surface area (Å²) in [6, 6.07) is 5.88. The number of ether oxygens (including phenoxy) is 7. The first-order chi connectivity index (χ1) is 16.0. The smallest absolute Gasteiger partial charge is 0.333 e. The molecule has 0 atom stereocenters. The molecule has 0 aromatic heterocycles. The fraction of sp³-hybridized carbons (Fsp3) is 0.591. The molecule has 0 aliphatic rings. The lowest BCUT2D eigenvalue weighted by molar-refractivity contribution is -0.384. The van der Waals surface area contributed by atoms with E-state index in [1.54, 1.807) is 19.1 Å². The minimum absolute atomic E-state index is 0.0225. The number of hydrogen-bond acceptors (Lipinski definition) is 10. The molecule has 0 bridgehead atoms. The Morgan fingerprint density at radius 2 is 1.15 bits per heavy atom. The molecule has 0 aliphatic carbocycles. The quantitative estimate of drug-likeness (QED) is 0.0866. The van der Waals surface area contributed by atoms with Gasteiger partial charge in [0.15, 0.2) is 0 Å². The van der Waals surface area contributed by atoms with E-state index in [2.05, 4.69) is 6.58 Å². The second kappa shape index (κ2) is 18.9. The van der Waals surface area contributed by atoms with Crippen molar-refractivity contribution in [3.05, 3.63) is 46.5 Å². The SMILES string of the molecule is C=C(C)C(=O)OCCOCCOCCOCCOCCOCCOc1ccc([N+](=O)[O-])cc1. The topological polar surface area (TPSA) is 125 Å². The lowest BCUT2D eigenvalue weighted by Gasteiger charge is -2.09. The number of hydrogen-bond donors (Lipinski definition) is 0. The summed E-state index contributed by atoms with van der Waals surface area (Å²) in [6.45, 7) is 9.83. The van der Waals surface area contributed by atoms with Gasteiger partial charge in [-0.2, -0.15) is 0 Å². The van der Waals surface area contributed by atoms with Gasteiger partial charge in [-0.1, -0.05) is 6.58 Å². The molecule has 1 rings (SSSR count). The van der Waals surface area contributed by atoms with Gasteiger partial charge < -0.3 is 33.2 Å². The summed E-state index contributed by atoms with van der Waals surface area (Å²) in [6.07, 6.45) is 0. The van der Waals surface area contributed by atoms with Crippen LogP contribution in [0.1, 0.15) is 6.92 Å². The molecule has 11 heteroatoms. The molecule has 0 heterocycles. The Kier molecular flexibility index (Phi) is 16.3. The van der Waals surface area contributed by atoms with E-state index in [1.165, 1.54) is 12.1 Å². The molecule has 0 unspecified atom stereocenters. The molecule has 1 aromatic rings. The largest absolute Gasteiger partial charge is 0.491 e. The van der Waals surface area contributed by atoms with Gasteiger partial charge in [-0.15, -0.1) is 0 Å². The first-order valence-corrected chi connectivity index (χ1v) is 10.6. The molecule has 0 aliphatic heterocycles. The predicted molar refractivity (Wildman–Crippen MR) is 118 cm³/mol. The van der Waals surface area contributed by atoms with Crippen LogP contribution in [-0.4, -0.2) is 90.2 Å². The Hall–Kier alpha value is -2.57. The summed E-state index contributed by atoms with van der Waals surface area (Å²) in [4.78, 5) is 21.3. The molecule has 0 N–H and O–H groups in total. The summed E-state index contributed by atoms with van der Waals surface area (Å²) in [5, 5.41) is 10.6. The molecule has 0 fully saturated rings. The van der Waals surface area contributed by atoms with E-state index in [4.69, 9.17) is 33.2 Å². The van der Waals surface area contributed by atoms with Crippen molar-refractivity contribution in [2.24, 2.45) is 0 Å². The van der Waals surface area contributed by atoms with Crippen LogP contribution >= 0.6 is 0 Å². The minimum atomic E-state index is -0.458. The molecule has 0 saturated heterocycles. The number of nitro groups is 1. The lowest BCUT2D eigenvalue weighted by atomic mass is 10.3. The van der Waals surface area contributed by atoms with Crippen molar-refractivity contribution in [3.63, 3.8) is 0 Å². The standard InChI is InChI=1S/C22H33NO10/c1-19(2)22(24)33-18-16-31-14-12-29-10-8-27-7-9-28-11-13-30-15-17-32-21-5-3-20(4-6-21)23(25)26/h3-6H,1,7-18H2,2H3. The molecule has 0 amide bonds. The van der Waals surface area contributed by atoms with Gasteiger partial charge in [-0.05, 0) is 19.1 Å². The highest BCUT2D eigenvalue weighted by Crippen LogP contribution is 2.16. The van der Waals surface area contributed by atoms with Crippen molar-refractivity contribution in [1.29, 1.82) is 0 Å². The Balaban J connectivity index is 1.76. The number of nitrogens with zero attached hydrogens (tertiary/aromatic N) is 1. The summed E-state index contributed by atoms with van der Waals surface area (Å²) in [5.41, 5.74) is 0.385. The third-order valence-corrected chi connectivity index (χ3v) is 3.84. The minimum Gasteiger partial charge on any atom is -0.491 e. The van der Waals surface area contributed by atoms with Crippen LogP contribution in [0.2, 0.25) is 0 Å². The highest BCUT2D eigenvalue weighted by atomic mass is 16.6. The van der Waals surface area contributed by atoms with Crippen molar-refractivity contribution in [2.45, 2.75) is 6.92 Å². The highest BCUT2D eigenvalue weighted by molar-refractivity contribution is 5.86. The Morgan fingerprint density at radius 1 is 0.758 bits per heavy atom. The zero-order valence-electron chi connectivity index (χ0n) is 19.0. The van der Waals surface area contributed by atoms with Gasteiger partial charge in [0.2, 0.25) is 0 Å². The van der Waals surface area contributed by atoms with Crippen molar-refractivity contribution in [2.75, 3.05) is 79.3 Å². The van der Waals surface area contributed by atoms with Gasteiger partial charge in [0.25, 0.3) is 5.69 Å². The zero-order chi connectivity index (χ0) is 24.2. The normalized spacial score (nSPS) is 10.7. The van der Waals surface area contributed by atoms with Gasteiger partial charge in [0.05, 0.1) is 71.0 Å². The van der Waals surface area contributed by atoms with Gasteiger partial charge in [-0.25, -0.2) is 4.79 Å². The number of carbonyl (C=O) groups excluding carboxylic acids is 1. The second-order valence-electron chi connectivity index (χ2n) is 6.58. The number of non-ortho nitro benzene ring substituents is 1. The van der Waals surface area contributed by atoms with E-state index in [-0.39, 0.29) is 12.3 Å². The maximum atomic E-state index is 11.1. The molecule has 11 nitrogen and oxygen atoms in total. The first-order valence-electron chi connectivity index (χ1n) is 10.6. The third kappa shape index (κ3) is 15.8. The van der Waals surface area contributed by atoms with Crippen LogP contribution in [0, 0.1) is 10.1 Å². The van der Waals surface area contributed by atoms with Crippen LogP contribution in [0.25, 0.3) is 0 Å². The van der Waals surface area contributed by atoms with E-state index in [0.717, 1.165) is 0 Å². The van der Waals surface area contributed by atoms with Gasteiger partial charge in [0.1, 0.15) is 19.0 Å². The summed E-state index contributed by atoms with van der Waals surface area (Å²) >= 11 is 0. The molecule has 0 saturated carbocycles. The van der Waals surface area contributed by atoms with Crippen LogP contribution in [0.15, 0.2) is 36.4 Å². The van der Waals surface area contributed by atoms with Crippen molar-refractivity contribution >= 4 is 11.7 Å².